The summed E-state index contributed by atoms with van der Waals surface area (Å²) in [6, 6.07) is 0. The highest BCUT2D eigenvalue weighted by Gasteiger charge is 2.10. The molecule has 0 aromatic rings. The standard InChI is InChI=1S/C14H28O/c1-12(10-13(2,3)4)8-9-15-11-14(5,6)7/h10H,8-9,11H2,1-7H3/b12-10-. The van der Waals surface area contributed by atoms with Crippen LogP contribution in [-0.4, -0.2) is 13.2 Å². The largest absolute Gasteiger partial charge is 0.381 e. The van der Waals surface area contributed by atoms with Gasteiger partial charge in [0.05, 0.1) is 13.2 Å². The van der Waals surface area contributed by atoms with Crippen LogP contribution in [0, 0.1) is 10.8 Å². The van der Waals surface area contributed by atoms with E-state index in [1.807, 2.05) is 0 Å². The van der Waals surface area contributed by atoms with Crippen LogP contribution in [0.1, 0.15) is 54.9 Å². The minimum atomic E-state index is 0.279. The van der Waals surface area contributed by atoms with E-state index in [-0.39, 0.29) is 10.8 Å². The molecule has 0 aliphatic rings. The third kappa shape index (κ3) is 11.6. The minimum absolute atomic E-state index is 0.279. The quantitative estimate of drug-likeness (QED) is 0.495. The Kier molecular flexibility index (Phi) is 5.58. The van der Waals surface area contributed by atoms with Crippen molar-refractivity contribution in [2.75, 3.05) is 13.2 Å². The molecular weight excluding hydrogens is 184 g/mol. The summed E-state index contributed by atoms with van der Waals surface area (Å²) in [5.74, 6) is 0. The first-order valence-corrected chi connectivity index (χ1v) is 5.86. The van der Waals surface area contributed by atoms with Gasteiger partial charge in [0.2, 0.25) is 0 Å². The lowest BCUT2D eigenvalue weighted by Crippen LogP contribution is -2.15. The summed E-state index contributed by atoms with van der Waals surface area (Å²) in [6.45, 7) is 17.2. The molecule has 0 saturated carbocycles. The zero-order valence-electron chi connectivity index (χ0n) is 11.6. The molecule has 0 rings (SSSR count). The molecule has 0 unspecified atom stereocenters. The molecule has 0 saturated heterocycles. The van der Waals surface area contributed by atoms with E-state index in [1.54, 1.807) is 0 Å². The predicted octanol–water partition coefficient (Wildman–Crippen LogP) is 4.43. The fraction of sp³-hybridized carbons (Fsp3) is 0.857. The second kappa shape index (κ2) is 5.69. The van der Waals surface area contributed by atoms with Gasteiger partial charge in [-0.3, -0.25) is 0 Å². The molecule has 0 bridgehead atoms. The number of hydrogen-bond acceptors (Lipinski definition) is 1. The van der Waals surface area contributed by atoms with Crippen molar-refractivity contribution >= 4 is 0 Å². The maximum Gasteiger partial charge on any atom is 0.0514 e. The summed E-state index contributed by atoms with van der Waals surface area (Å²) in [4.78, 5) is 0. The van der Waals surface area contributed by atoms with Crippen molar-refractivity contribution < 1.29 is 4.74 Å². The molecule has 0 amide bonds. The van der Waals surface area contributed by atoms with E-state index in [0.717, 1.165) is 19.6 Å². The Hall–Kier alpha value is -0.300. The molecule has 0 aromatic carbocycles. The summed E-state index contributed by atoms with van der Waals surface area (Å²) >= 11 is 0. The Morgan fingerprint density at radius 2 is 1.60 bits per heavy atom. The average molecular weight is 212 g/mol. The van der Waals surface area contributed by atoms with E-state index in [2.05, 4.69) is 54.5 Å². The summed E-state index contributed by atoms with van der Waals surface area (Å²) in [7, 11) is 0. The summed E-state index contributed by atoms with van der Waals surface area (Å²) < 4.78 is 5.64. The molecular formula is C14H28O. The number of allylic oxidation sites excluding steroid dienone is 1. The first-order valence-electron chi connectivity index (χ1n) is 5.86. The maximum absolute atomic E-state index is 5.64. The molecule has 1 heteroatoms. The Labute approximate surface area is 95.9 Å². The molecule has 0 heterocycles. The van der Waals surface area contributed by atoms with Crippen LogP contribution in [-0.2, 0) is 4.74 Å². The van der Waals surface area contributed by atoms with Crippen molar-refractivity contribution in [3.8, 4) is 0 Å². The molecule has 0 spiro atoms. The fourth-order valence-corrected chi connectivity index (χ4v) is 1.42. The minimum Gasteiger partial charge on any atom is -0.381 e. The molecule has 0 atom stereocenters. The van der Waals surface area contributed by atoms with Crippen LogP contribution in [0.5, 0.6) is 0 Å². The van der Waals surface area contributed by atoms with Gasteiger partial charge in [-0.1, -0.05) is 53.2 Å². The van der Waals surface area contributed by atoms with E-state index >= 15 is 0 Å². The van der Waals surface area contributed by atoms with Gasteiger partial charge < -0.3 is 4.74 Å². The molecule has 90 valence electrons. The Morgan fingerprint density at radius 1 is 1.07 bits per heavy atom. The lowest BCUT2D eigenvalue weighted by Gasteiger charge is -2.18. The van der Waals surface area contributed by atoms with Gasteiger partial charge in [-0.05, 0) is 24.2 Å². The SMILES string of the molecule is C/C(=C/C(C)(C)C)CCOCC(C)(C)C. The number of ether oxygens (including phenoxy) is 1. The monoisotopic (exact) mass is 212 g/mol. The van der Waals surface area contributed by atoms with E-state index in [4.69, 9.17) is 4.74 Å². The molecule has 0 aliphatic carbocycles. The van der Waals surface area contributed by atoms with E-state index in [0.29, 0.717) is 0 Å². The van der Waals surface area contributed by atoms with Gasteiger partial charge in [0, 0.05) is 0 Å². The Bertz CT molecular complexity index is 200. The zero-order valence-corrected chi connectivity index (χ0v) is 11.6. The predicted molar refractivity (Wildman–Crippen MR) is 68.1 cm³/mol. The lowest BCUT2D eigenvalue weighted by atomic mass is 9.93. The number of rotatable bonds is 4. The third-order valence-electron chi connectivity index (χ3n) is 1.86. The van der Waals surface area contributed by atoms with Gasteiger partial charge in [-0.2, -0.15) is 0 Å². The molecule has 0 aliphatic heterocycles. The normalized spacial score (nSPS) is 14.5. The van der Waals surface area contributed by atoms with Gasteiger partial charge >= 0.3 is 0 Å². The van der Waals surface area contributed by atoms with Crippen molar-refractivity contribution in [2.45, 2.75) is 54.9 Å². The highest BCUT2D eigenvalue weighted by molar-refractivity contribution is 5.03. The van der Waals surface area contributed by atoms with Crippen LogP contribution in [0.2, 0.25) is 0 Å². The highest BCUT2D eigenvalue weighted by Crippen LogP contribution is 2.19. The smallest absolute Gasteiger partial charge is 0.0514 e. The molecule has 0 aromatic heterocycles. The topological polar surface area (TPSA) is 9.23 Å². The van der Waals surface area contributed by atoms with Gasteiger partial charge in [0.25, 0.3) is 0 Å². The van der Waals surface area contributed by atoms with Crippen LogP contribution in [0.3, 0.4) is 0 Å². The third-order valence-corrected chi connectivity index (χ3v) is 1.86. The van der Waals surface area contributed by atoms with Crippen LogP contribution in [0.4, 0.5) is 0 Å². The zero-order chi connectivity index (χ0) is 12.1. The molecule has 15 heavy (non-hydrogen) atoms. The Morgan fingerprint density at radius 3 is 2.00 bits per heavy atom. The van der Waals surface area contributed by atoms with Gasteiger partial charge in [0.15, 0.2) is 0 Å². The van der Waals surface area contributed by atoms with Crippen LogP contribution in [0.15, 0.2) is 11.6 Å². The van der Waals surface area contributed by atoms with Crippen molar-refractivity contribution in [3.05, 3.63) is 11.6 Å². The van der Waals surface area contributed by atoms with Crippen molar-refractivity contribution in [1.29, 1.82) is 0 Å². The van der Waals surface area contributed by atoms with Crippen LogP contribution in [0.25, 0.3) is 0 Å². The fourth-order valence-electron chi connectivity index (χ4n) is 1.42. The second-order valence-electron chi connectivity index (χ2n) is 6.72. The van der Waals surface area contributed by atoms with E-state index in [1.165, 1.54) is 5.57 Å². The first-order chi connectivity index (χ1) is 6.60. The lowest BCUT2D eigenvalue weighted by molar-refractivity contribution is 0.0732. The molecule has 0 fully saturated rings. The maximum atomic E-state index is 5.64. The summed E-state index contributed by atoms with van der Waals surface area (Å²) in [5, 5.41) is 0. The van der Waals surface area contributed by atoms with Crippen LogP contribution >= 0.6 is 0 Å². The first kappa shape index (κ1) is 14.7. The van der Waals surface area contributed by atoms with Gasteiger partial charge in [-0.15, -0.1) is 0 Å². The summed E-state index contributed by atoms with van der Waals surface area (Å²) in [5.41, 5.74) is 1.99. The van der Waals surface area contributed by atoms with E-state index in [9.17, 15) is 0 Å². The second-order valence-corrected chi connectivity index (χ2v) is 6.72. The van der Waals surface area contributed by atoms with Crippen molar-refractivity contribution in [1.82, 2.24) is 0 Å². The Balaban J connectivity index is 3.74. The molecule has 1 nitrogen and oxygen atoms in total. The van der Waals surface area contributed by atoms with Crippen LogP contribution < -0.4 is 0 Å². The average Bonchev–Trinajstić information content (AvgIpc) is 1.92. The highest BCUT2D eigenvalue weighted by atomic mass is 16.5. The number of hydrogen-bond donors (Lipinski definition) is 0. The van der Waals surface area contributed by atoms with Crippen molar-refractivity contribution in [2.24, 2.45) is 10.8 Å². The van der Waals surface area contributed by atoms with E-state index < -0.39 is 0 Å². The summed E-state index contributed by atoms with van der Waals surface area (Å²) in [6.07, 6.45) is 3.38. The molecule has 0 N–H and O–H groups in total. The molecule has 0 radical (unpaired) electrons. The van der Waals surface area contributed by atoms with Gasteiger partial charge in [-0.25, -0.2) is 0 Å². The van der Waals surface area contributed by atoms with Crippen molar-refractivity contribution in [3.63, 3.8) is 0 Å². The van der Waals surface area contributed by atoms with Gasteiger partial charge in [0.1, 0.15) is 0 Å².